The van der Waals surface area contributed by atoms with Gasteiger partial charge in [-0.05, 0) is 12.5 Å². The lowest BCUT2D eigenvalue weighted by molar-refractivity contribution is -0.143. The molecule has 3 heteroatoms. The van der Waals surface area contributed by atoms with Crippen LogP contribution in [0.5, 0.6) is 0 Å². The van der Waals surface area contributed by atoms with E-state index in [-0.39, 0.29) is 11.5 Å². The first kappa shape index (κ1) is 15.5. The minimum Gasteiger partial charge on any atom is -0.466 e. The molecule has 2 nitrogen and oxygen atoms in total. The third-order valence-corrected chi connectivity index (χ3v) is 7.73. The van der Waals surface area contributed by atoms with E-state index in [1.807, 2.05) is 55.5 Å². The van der Waals surface area contributed by atoms with Crippen molar-refractivity contribution >= 4 is 19.2 Å². The van der Waals surface area contributed by atoms with Crippen LogP contribution in [0.1, 0.15) is 18.0 Å². The lowest BCUT2D eigenvalue weighted by atomic mass is 10.1. The largest absolute Gasteiger partial charge is 0.466 e. The predicted molar refractivity (Wildman–Crippen MR) is 89.4 cm³/mol. The first-order valence-electron chi connectivity index (χ1n) is 7.34. The summed E-state index contributed by atoms with van der Waals surface area (Å²) in [6, 6.07) is 20.3. The maximum atomic E-state index is 12.6. The molecule has 0 N–H and O–H groups in total. The Bertz CT molecular complexity index is 579. The van der Waals surface area contributed by atoms with E-state index in [0.29, 0.717) is 6.61 Å². The van der Waals surface area contributed by atoms with Gasteiger partial charge in [0, 0.05) is 0 Å². The molecule has 0 aromatic heterocycles. The maximum Gasteiger partial charge on any atom is 0.310 e. The van der Waals surface area contributed by atoms with E-state index >= 15 is 0 Å². The van der Waals surface area contributed by atoms with E-state index < -0.39 is 8.07 Å². The van der Waals surface area contributed by atoms with Crippen molar-refractivity contribution in [1.29, 1.82) is 0 Å². The van der Waals surface area contributed by atoms with E-state index in [9.17, 15) is 4.79 Å². The highest BCUT2D eigenvalue weighted by molar-refractivity contribution is 6.93. The number of hydrogen-bond acceptors (Lipinski definition) is 2. The highest BCUT2D eigenvalue weighted by Crippen LogP contribution is 2.28. The first-order chi connectivity index (χ1) is 10.1. The average molecular weight is 298 g/mol. The van der Waals surface area contributed by atoms with Gasteiger partial charge in [0.25, 0.3) is 0 Å². The van der Waals surface area contributed by atoms with E-state index in [2.05, 4.69) is 25.2 Å². The van der Waals surface area contributed by atoms with Crippen LogP contribution in [0.15, 0.2) is 60.7 Å². The van der Waals surface area contributed by atoms with Crippen molar-refractivity contribution in [1.82, 2.24) is 0 Å². The van der Waals surface area contributed by atoms with Crippen LogP contribution in [0.2, 0.25) is 13.1 Å². The van der Waals surface area contributed by atoms with E-state index in [4.69, 9.17) is 4.74 Å². The second-order valence-corrected chi connectivity index (χ2v) is 10.3. The quantitative estimate of drug-likeness (QED) is 0.624. The van der Waals surface area contributed by atoms with Crippen LogP contribution in [0.25, 0.3) is 0 Å². The number of hydrogen-bond donors (Lipinski definition) is 0. The summed E-state index contributed by atoms with van der Waals surface area (Å²) in [6.45, 7) is 6.74. The van der Waals surface area contributed by atoms with Crippen LogP contribution in [0.3, 0.4) is 0 Å². The summed E-state index contributed by atoms with van der Waals surface area (Å²) in [5, 5.41) is 1.27. The summed E-state index contributed by atoms with van der Waals surface area (Å²) in [6.07, 6.45) is 0. The Hall–Kier alpha value is -1.87. The molecule has 21 heavy (non-hydrogen) atoms. The van der Waals surface area contributed by atoms with Gasteiger partial charge < -0.3 is 4.74 Å². The second kappa shape index (κ2) is 6.72. The molecule has 0 saturated heterocycles. The van der Waals surface area contributed by atoms with Crippen LogP contribution in [-0.2, 0) is 9.53 Å². The Morgan fingerprint density at radius 2 is 1.52 bits per heavy atom. The van der Waals surface area contributed by atoms with Gasteiger partial charge in [0.05, 0.1) is 12.1 Å². The zero-order chi connectivity index (χ0) is 15.3. The monoisotopic (exact) mass is 298 g/mol. The molecule has 0 spiro atoms. The molecule has 0 aliphatic rings. The Labute approximate surface area is 127 Å². The van der Waals surface area contributed by atoms with Crippen molar-refractivity contribution in [2.24, 2.45) is 0 Å². The first-order valence-corrected chi connectivity index (χ1v) is 10.4. The lowest BCUT2D eigenvalue weighted by Gasteiger charge is -2.31. The number of rotatable bonds is 5. The van der Waals surface area contributed by atoms with Crippen molar-refractivity contribution in [2.75, 3.05) is 6.61 Å². The minimum atomic E-state index is -2.02. The zero-order valence-corrected chi connectivity index (χ0v) is 13.9. The zero-order valence-electron chi connectivity index (χ0n) is 12.9. The molecule has 1 atom stereocenters. The summed E-state index contributed by atoms with van der Waals surface area (Å²) >= 11 is 0. The van der Waals surface area contributed by atoms with Crippen LogP contribution >= 0.6 is 0 Å². The maximum absolute atomic E-state index is 12.6. The van der Waals surface area contributed by atoms with Gasteiger partial charge in [-0.1, -0.05) is 78.9 Å². The van der Waals surface area contributed by atoms with Crippen LogP contribution in [0, 0.1) is 0 Å². The molecule has 0 radical (unpaired) electrons. The number of esters is 1. The third-order valence-electron chi connectivity index (χ3n) is 3.89. The van der Waals surface area contributed by atoms with Crippen molar-refractivity contribution in [3.63, 3.8) is 0 Å². The molecule has 0 heterocycles. The number of ether oxygens (including phenoxy) is 1. The number of benzene rings is 2. The molecule has 0 fully saturated rings. The molecular formula is C18H22O2Si. The molecule has 2 rings (SSSR count). The SMILES string of the molecule is CCOC(=O)C(c1ccccc1)[Si](C)(C)c1ccccc1. The summed E-state index contributed by atoms with van der Waals surface area (Å²) in [4.78, 5) is 12.6. The van der Waals surface area contributed by atoms with E-state index in [1.54, 1.807) is 0 Å². The Morgan fingerprint density at radius 3 is 2.05 bits per heavy atom. The van der Waals surface area contributed by atoms with Gasteiger partial charge in [0.2, 0.25) is 0 Å². The van der Waals surface area contributed by atoms with Crippen molar-refractivity contribution in [3.8, 4) is 0 Å². The fourth-order valence-electron chi connectivity index (χ4n) is 2.75. The van der Waals surface area contributed by atoms with E-state index in [1.165, 1.54) is 5.19 Å². The summed E-state index contributed by atoms with van der Waals surface area (Å²) < 4.78 is 5.36. The molecule has 2 aromatic carbocycles. The molecule has 0 saturated carbocycles. The van der Waals surface area contributed by atoms with Crippen LogP contribution < -0.4 is 5.19 Å². The highest BCUT2D eigenvalue weighted by Gasteiger charge is 2.40. The topological polar surface area (TPSA) is 26.3 Å². The standard InChI is InChI=1S/C18H22O2Si/c1-4-20-18(19)17(15-11-7-5-8-12-15)21(2,3)16-13-9-6-10-14-16/h5-14,17H,4H2,1-3H3. The van der Waals surface area contributed by atoms with Gasteiger partial charge in [-0.3, -0.25) is 4.79 Å². The Morgan fingerprint density at radius 1 is 1.00 bits per heavy atom. The van der Waals surface area contributed by atoms with Gasteiger partial charge >= 0.3 is 5.97 Å². The lowest BCUT2D eigenvalue weighted by Crippen LogP contribution is -2.51. The normalized spacial score (nSPS) is 12.7. The molecular weight excluding hydrogens is 276 g/mol. The summed E-state index contributed by atoms with van der Waals surface area (Å²) in [7, 11) is -2.02. The van der Waals surface area contributed by atoms with Crippen molar-refractivity contribution in [3.05, 3.63) is 66.2 Å². The van der Waals surface area contributed by atoms with E-state index in [0.717, 1.165) is 5.56 Å². The van der Waals surface area contributed by atoms with Crippen LogP contribution in [-0.4, -0.2) is 20.7 Å². The van der Waals surface area contributed by atoms with Gasteiger partial charge in [0.15, 0.2) is 0 Å². The molecule has 2 aromatic rings. The molecule has 0 aliphatic carbocycles. The van der Waals surface area contributed by atoms with Gasteiger partial charge in [-0.2, -0.15) is 0 Å². The Balaban J connectivity index is 2.47. The molecule has 110 valence electrons. The fourth-order valence-corrected chi connectivity index (χ4v) is 5.84. The highest BCUT2D eigenvalue weighted by atomic mass is 28.3. The number of carbonyl (C=O) groups excluding carboxylic acids is 1. The molecule has 0 amide bonds. The van der Waals surface area contributed by atoms with Gasteiger partial charge in [-0.15, -0.1) is 0 Å². The summed E-state index contributed by atoms with van der Waals surface area (Å²) in [5.74, 6) is -0.107. The third kappa shape index (κ3) is 3.42. The fraction of sp³-hybridized carbons (Fsp3) is 0.278. The smallest absolute Gasteiger partial charge is 0.310 e. The van der Waals surface area contributed by atoms with Gasteiger partial charge in [-0.25, -0.2) is 0 Å². The molecule has 0 bridgehead atoms. The van der Waals surface area contributed by atoms with Crippen molar-refractivity contribution in [2.45, 2.75) is 25.6 Å². The van der Waals surface area contributed by atoms with Crippen LogP contribution in [0.4, 0.5) is 0 Å². The number of carbonyl (C=O) groups is 1. The predicted octanol–water partition coefficient (Wildman–Crippen LogP) is 3.49. The molecule has 0 aliphatic heterocycles. The second-order valence-electron chi connectivity index (χ2n) is 5.68. The summed E-state index contributed by atoms with van der Waals surface area (Å²) in [5.41, 5.74) is 0.873. The average Bonchev–Trinajstić information content (AvgIpc) is 2.49. The van der Waals surface area contributed by atoms with Crippen molar-refractivity contribution < 1.29 is 9.53 Å². The molecule has 1 unspecified atom stereocenters. The Kier molecular flexibility index (Phi) is 4.97. The minimum absolute atomic E-state index is 0.107. The van der Waals surface area contributed by atoms with Gasteiger partial charge in [0.1, 0.15) is 8.07 Å².